The normalized spacial score (nSPS) is 14.2. The predicted octanol–water partition coefficient (Wildman–Crippen LogP) is 5.09. The zero-order valence-corrected chi connectivity index (χ0v) is 25.0. The van der Waals surface area contributed by atoms with Gasteiger partial charge in [0.25, 0.3) is 12.0 Å². The summed E-state index contributed by atoms with van der Waals surface area (Å²) in [5, 5.41) is 4.08. The van der Waals surface area contributed by atoms with Crippen molar-refractivity contribution in [2.75, 3.05) is 25.6 Å². The minimum absolute atomic E-state index is 0.0107. The summed E-state index contributed by atoms with van der Waals surface area (Å²) in [6.45, 7) is -0.715. The fourth-order valence-corrected chi connectivity index (χ4v) is 7.14. The summed E-state index contributed by atoms with van der Waals surface area (Å²) in [5.74, 6) is -0.308. The van der Waals surface area contributed by atoms with Crippen LogP contribution in [0.2, 0.25) is 0 Å². The molecule has 2 N–H and O–H groups in total. The summed E-state index contributed by atoms with van der Waals surface area (Å²) >= 11 is 1.04. The van der Waals surface area contributed by atoms with E-state index in [0.717, 1.165) is 11.3 Å². The van der Waals surface area contributed by atoms with E-state index in [0.29, 0.717) is 28.0 Å². The number of ether oxygens (including phenoxy) is 1. The summed E-state index contributed by atoms with van der Waals surface area (Å²) in [6.07, 6.45) is -2.65. The van der Waals surface area contributed by atoms with Crippen molar-refractivity contribution >= 4 is 48.3 Å². The van der Waals surface area contributed by atoms with E-state index in [9.17, 15) is 35.2 Å². The monoisotopic (exact) mass is 669 g/mol. The number of hydroxylamine groups is 1. The molecule has 0 fully saturated rings. The Morgan fingerprint density at radius 2 is 1.89 bits per heavy atom. The molecule has 0 amide bonds. The second-order valence-corrected chi connectivity index (χ2v) is 12.8. The van der Waals surface area contributed by atoms with E-state index in [1.165, 1.54) is 23.8 Å². The number of methoxy groups -OCH3 is 1. The zero-order chi connectivity index (χ0) is 32.1. The van der Waals surface area contributed by atoms with Gasteiger partial charge in [0.05, 0.1) is 53.7 Å². The van der Waals surface area contributed by atoms with Gasteiger partial charge in [0.1, 0.15) is 11.3 Å². The molecule has 1 aliphatic heterocycles. The average molecular weight is 670 g/mol. The van der Waals surface area contributed by atoms with Gasteiger partial charge < -0.3 is 19.5 Å². The number of anilines is 1. The topological polar surface area (TPSA) is 116 Å². The number of fused-ring (bicyclic) bond motifs is 3. The van der Waals surface area contributed by atoms with Gasteiger partial charge in [-0.2, -0.15) is 27.1 Å². The van der Waals surface area contributed by atoms with Gasteiger partial charge in [0, 0.05) is 6.54 Å². The number of thiophene rings is 1. The highest BCUT2D eigenvalue weighted by Crippen LogP contribution is 2.40. The molecule has 0 saturated carbocycles. The molecule has 0 atom stereocenters. The number of aromatic nitrogens is 3. The van der Waals surface area contributed by atoms with Gasteiger partial charge in [-0.1, -0.05) is 12.1 Å². The molecule has 0 saturated heterocycles. The van der Waals surface area contributed by atoms with E-state index in [1.54, 1.807) is 35.7 Å². The lowest BCUT2D eigenvalue weighted by Crippen LogP contribution is -2.32. The van der Waals surface area contributed by atoms with Gasteiger partial charge >= 0.3 is 15.5 Å². The third-order valence-corrected chi connectivity index (χ3v) is 9.69. The lowest BCUT2D eigenvalue weighted by Gasteiger charge is -2.18. The Morgan fingerprint density at radius 3 is 2.58 bits per heavy atom. The van der Waals surface area contributed by atoms with E-state index < -0.39 is 51.0 Å². The van der Waals surface area contributed by atoms with Crippen LogP contribution in [0.5, 0.6) is 5.75 Å². The van der Waals surface area contributed by atoms with Gasteiger partial charge in [-0.05, 0) is 58.8 Å². The molecular weight excluding hydrogens is 645 g/mol. The fourth-order valence-electron chi connectivity index (χ4n) is 5.25. The van der Waals surface area contributed by atoms with Crippen molar-refractivity contribution < 1.29 is 39.9 Å². The molecule has 6 rings (SSSR count). The predicted molar refractivity (Wildman–Crippen MR) is 158 cm³/mol. The van der Waals surface area contributed by atoms with Gasteiger partial charge in [-0.3, -0.25) is 4.79 Å². The molecular formula is C28H24F5N5O5S2. The lowest BCUT2D eigenvalue weighted by atomic mass is 10.0. The van der Waals surface area contributed by atoms with Crippen LogP contribution < -0.4 is 21.1 Å². The summed E-state index contributed by atoms with van der Waals surface area (Å²) in [7, 11) is -4.70. The van der Waals surface area contributed by atoms with E-state index >= 15 is 0 Å². The molecule has 4 heterocycles. The SMILES string of the molecule is COc1ccc(Cn2c(=O)c(-c3nc4cc5c(cc4n3S(=O)(=O)C(F)(F)F)CCONC5)c(NCC(F)F)c3sccc32)cc1. The maximum Gasteiger partial charge on any atom is 0.517 e. The van der Waals surface area contributed by atoms with Crippen LogP contribution in [0.4, 0.5) is 27.6 Å². The second-order valence-electron chi connectivity index (χ2n) is 10.1. The highest BCUT2D eigenvalue weighted by atomic mass is 32.2. The quantitative estimate of drug-likeness (QED) is 0.220. The zero-order valence-electron chi connectivity index (χ0n) is 23.3. The molecule has 0 spiro atoms. The maximum atomic E-state index is 14.3. The van der Waals surface area contributed by atoms with Crippen LogP contribution >= 0.6 is 11.3 Å². The van der Waals surface area contributed by atoms with Crippen molar-refractivity contribution in [1.29, 1.82) is 0 Å². The van der Waals surface area contributed by atoms with Gasteiger partial charge in [-0.15, -0.1) is 11.3 Å². The summed E-state index contributed by atoms with van der Waals surface area (Å²) in [6, 6.07) is 10.9. The molecule has 17 heteroatoms. The van der Waals surface area contributed by atoms with E-state index in [-0.39, 0.29) is 46.0 Å². The van der Waals surface area contributed by atoms with Crippen molar-refractivity contribution in [2.45, 2.75) is 31.4 Å². The number of nitrogens with zero attached hydrogens (tertiary/aromatic N) is 3. The second kappa shape index (κ2) is 11.7. The van der Waals surface area contributed by atoms with Crippen molar-refractivity contribution in [1.82, 2.24) is 19.0 Å². The molecule has 3 aromatic heterocycles. The number of halogens is 5. The Bertz CT molecular complexity index is 2070. The van der Waals surface area contributed by atoms with E-state index in [4.69, 9.17) is 9.57 Å². The minimum Gasteiger partial charge on any atom is -0.497 e. The molecule has 0 bridgehead atoms. The third-order valence-electron chi connectivity index (χ3n) is 7.33. The van der Waals surface area contributed by atoms with Crippen LogP contribution in [0.3, 0.4) is 0 Å². The summed E-state index contributed by atoms with van der Waals surface area (Å²) in [4.78, 5) is 23.8. The Balaban J connectivity index is 1.69. The van der Waals surface area contributed by atoms with E-state index in [2.05, 4.69) is 15.8 Å². The lowest BCUT2D eigenvalue weighted by molar-refractivity contribution is -0.0444. The van der Waals surface area contributed by atoms with Gasteiger partial charge in [0.15, 0.2) is 5.82 Å². The van der Waals surface area contributed by atoms with Crippen LogP contribution in [-0.4, -0.2) is 54.1 Å². The van der Waals surface area contributed by atoms with Gasteiger partial charge in [-0.25, -0.2) is 17.7 Å². The van der Waals surface area contributed by atoms with Crippen LogP contribution in [0, 0.1) is 0 Å². The Kier molecular flexibility index (Phi) is 8.05. The number of alkyl halides is 5. The molecule has 0 radical (unpaired) electrons. The first kappa shape index (κ1) is 30.9. The summed E-state index contributed by atoms with van der Waals surface area (Å²) < 4.78 is 103. The standard InChI is InChI=1S/C28H24F5N5O5S2/c1-42-18-4-2-15(3-5-18)14-37-20-7-9-44-25(20)24(34-13-22(29)30)23(27(37)39)26-36-19-10-17-12-35-43-8-6-16(17)11-21(19)38(26)45(40,41)28(31,32)33/h2-5,7,9-11,22,34-35H,6,8,12-14H2,1H3. The summed E-state index contributed by atoms with van der Waals surface area (Å²) in [5.41, 5.74) is -3.41. The molecule has 10 nitrogen and oxygen atoms in total. The molecule has 238 valence electrons. The first-order chi connectivity index (χ1) is 21.4. The molecule has 5 aromatic rings. The highest BCUT2D eigenvalue weighted by Gasteiger charge is 2.50. The fraction of sp³-hybridized carbons (Fsp3) is 0.286. The number of hydrogen-bond donors (Lipinski definition) is 2. The molecule has 1 aliphatic rings. The van der Waals surface area contributed by atoms with Crippen LogP contribution in [0.25, 0.3) is 32.6 Å². The third kappa shape index (κ3) is 5.53. The maximum absolute atomic E-state index is 14.3. The average Bonchev–Trinajstić information content (AvgIpc) is 3.55. The van der Waals surface area contributed by atoms with Crippen molar-refractivity contribution in [3.8, 4) is 17.1 Å². The number of imidazole rings is 1. The highest BCUT2D eigenvalue weighted by molar-refractivity contribution is 7.91. The number of hydrogen-bond acceptors (Lipinski definition) is 9. The first-order valence-corrected chi connectivity index (χ1v) is 15.7. The van der Waals surface area contributed by atoms with E-state index in [1.807, 2.05) is 0 Å². The first-order valence-electron chi connectivity index (χ1n) is 13.4. The van der Waals surface area contributed by atoms with Crippen LogP contribution in [0.1, 0.15) is 16.7 Å². The number of pyridine rings is 1. The number of rotatable bonds is 8. The number of nitrogens with one attached hydrogen (secondary N) is 2. The van der Waals surface area contributed by atoms with Crippen molar-refractivity contribution in [3.63, 3.8) is 0 Å². The molecule has 0 aliphatic carbocycles. The molecule has 2 aromatic carbocycles. The molecule has 0 unspecified atom stereocenters. The largest absolute Gasteiger partial charge is 0.517 e. The van der Waals surface area contributed by atoms with Crippen molar-refractivity contribution in [2.24, 2.45) is 0 Å². The van der Waals surface area contributed by atoms with Gasteiger partial charge in [0.2, 0.25) is 0 Å². The minimum atomic E-state index is -6.19. The van der Waals surface area contributed by atoms with Crippen molar-refractivity contribution in [3.05, 3.63) is 74.9 Å². The Morgan fingerprint density at radius 1 is 1.13 bits per heavy atom. The smallest absolute Gasteiger partial charge is 0.497 e. The van der Waals surface area contributed by atoms with Crippen LogP contribution in [-0.2, 0) is 34.4 Å². The number of benzene rings is 2. The van der Waals surface area contributed by atoms with Crippen LogP contribution in [0.15, 0.2) is 52.6 Å². The Labute approximate surface area is 256 Å². The molecule has 45 heavy (non-hydrogen) atoms. The Hall–Kier alpha value is -4.06.